The minimum absolute atomic E-state index is 0.182. The van der Waals surface area contributed by atoms with Crippen molar-refractivity contribution in [2.24, 2.45) is 0 Å². The molecule has 0 aliphatic rings. The average molecular weight is 376 g/mol. The fraction of sp³-hybridized carbons (Fsp3) is 0.500. The number of esters is 1. The van der Waals surface area contributed by atoms with Crippen LogP contribution in [0.4, 0.5) is 5.69 Å². The Morgan fingerprint density at radius 1 is 1.42 bits per heavy atom. The Bertz CT molecular complexity index is 678. The number of nitrogens with one attached hydrogen (secondary N) is 1. The summed E-state index contributed by atoms with van der Waals surface area (Å²) in [6.07, 6.45) is 2.66. The van der Waals surface area contributed by atoms with Gasteiger partial charge in [-0.05, 0) is 30.9 Å². The van der Waals surface area contributed by atoms with Gasteiger partial charge in [0.25, 0.3) is 5.69 Å². The van der Waals surface area contributed by atoms with E-state index in [0.717, 1.165) is 12.1 Å². The van der Waals surface area contributed by atoms with Crippen molar-refractivity contribution in [2.45, 2.75) is 30.7 Å². The van der Waals surface area contributed by atoms with Crippen molar-refractivity contribution in [3.8, 4) is 0 Å². The second-order valence-electron chi connectivity index (χ2n) is 4.85. The van der Waals surface area contributed by atoms with Gasteiger partial charge in [-0.1, -0.05) is 19.1 Å². The molecule has 0 bridgehead atoms. The number of benzene rings is 1. The van der Waals surface area contributed by atoms with Crippen LogP contribution in [-0.2, 0) is 19.6 Å². The molecular weight excluding hydrogens is 356 g/mol. The van der Waals surface area contributed by atoms with Crippen molar-refractivity contribution in [1.82, 2.24) is 4.72 Å². The Morgan fingerprint density at radius 3 is 2.67 bits per heavy atom. The van der Waals surface area contributed by atoms with Crippen molar-refractivity contribution >= 4 is 33.4 Å². The van der Waals surface area contributed by atoms with E-state index in [1.165, 1.54) is 23.9 Å². The predicted octanol–water partition coefficient (Wildman–Crippen LogP) is 1.95. The highest BCUT2D eigenvalue weighted by Crippen LogP contribution is 2.23. The van der Waals surface area contributed by atoms with Crippen LogP contribution in [0.3, 0.4) is 0 Å². The molecule has 0 saturated heterocycles. The van der Waals surface area contributed by atoms with Gasteiger partial charge in [0.2, 0.25) is 10.0 Å². The Hall–Kier alpha value is -1.65. The van der Waals surface area contributed by atoms with E-state index >= 15 is 0 Å². The summed E-state index contributed by atoms with van der Waals surface area (Å²) < 4.78 is 32.2. The van der Waals surface area contributed by atoms with E-state index in [2.05, 4.69) is 4.72 Å². The van der Waals surface area contributed by atoms with Crippen LogP contribution in [0.2, 0.25) is 0 Å². The molecule has 8 nitrogen and oxygen atoms in total. The lowest BCUT2D eigenvalue weighted by atomic mass is 10.2. The summed E-state index contributed by atoms with van der Waals surface area (Å²) in [5.74, 6) is -0.154. The number of hydrogen-bond acceptors (Lipinski definition) is 7. The number of para-hydroxylation sites is 1. The molecule has 0 fully saturated rings. The number of sulfonamides is 1. The van der Waals surface area contributed by atoms with E-state index in [-0.39, 0.29) is 13.0 Å². The van der Waals surface area contributed by atoms with Gasteiger partial charge < -0.3 is 4.74 Å². The Balaban J connectivity index is 3.07. The SMILES string of the molecule is CCCOC(=O)[C@H](CCSC)NS(=O)(=O)c1ccccc1[N+](=O)[O-]. The standard InChI is InChI=1S/C14H20N2O6S2/c1-3-9-22-14(17)11(8-10-23-2)15-24(20,21)13-7-5-4-6-12(13)16(18)19/h4-7,11,15H,3,8-10H2,1-2H3/t11-/m0/s1. The zero-order valence-electron chi connectivity index (χ0n) is 13.4. The average Bonchev–Trinajstić information content (AvgIpc) is 2.56. The molecule has 0 spiro atoms. The van der Waals surface area contributed by atoms with Gasteiger partial charge in [0.05, 0.1) is 11.5 Å². The zero-order chi connectivity index (χ0) is 18.2. The third kappa shape index (κ3) is 5.77. The molecule has 0 unspecified atom stereocenters. The molecule has 0 aliphatic carbocycles. The van der Waals surface area contributed by atoms with Crippen LogP contribution < -0.4 is 4.72 Å². The second-order valence-corrected chi connectivity index (χ2v) is 7.52. The molecule has 0 radical (unpaired) electrons. The first kappa shape index (κ1) is 20.4. The summed E-state index contributed by atoms with van der Waals surface area (Å²) in [7, 11) is -4.24. The summed E-state index contributed by atoms with van der Waals surface area (Å²) in [4.78, 5) is 21.8. The monoisotopic (exact) mass is 376 g/mol. The number of nitro groups is 1. The first-order chi connectivity index (χ1) is 11.3. The highest BCUT2D eigenvalue weighted by Gasteiger charge is 2.31. The van der Waals surface area contributed by atoms with Crippen LogP contribution in [0.1, 0.15) is 19.8 Å². The molecule has 24 heavy (non-hydrogen) atoms. The first-order valence-electron chi connectivity index (χ1n) is 7.24. The topological polar surface area (TPSA) is 116 Å². The van der Waals surface area contributed by atoms with Crippen LogP contribution in [0.25, 0.3) is 0 Å². The highest BCUT2D eigenvalue weighted by molar-refractivity contribution is 7.98. The summed E-state index contributed by atoms with van der Waals surface area (Å²) in [5.41, 5.74) is -0.546. The Kier molecular flexibility index (Phi) is 8.16. The molecule has 0 amide bonds. The fourth-order valence-electron chi connectivity index (χ4n) is 1.85. The summed E-state index contributed by atoms with van der Waals surface area (Å²) >= 11 is 1.45. The highest BCUT2D eigenvalue weighted by atomic mass is 32.2. The van der Waals surface area contributed by atoms with Crippen LogP contribution in [-0.4, -0.2) is 44.0 Å². The second kappa shape index (κ2) is 9.60. The van der Waals surface area contributed by atoms with Gasteiger partial charge >= 0.3 is 5.97 Å². The van der Waals surface area contributed by atoms with Crippen molar-refractivity contribution in [3.63, 3.8) is 0 Å². The van der Waals surface area contributed by atoms with E-state index in [4.69, 9.17) is 4.74 Å². The predicted molar refractivity (Wildman–Crippen MR) is 91.5 cm³/mol. The van der Waals surface area contributed by atoms with Gasteiger partial charge in [0.15, 0.2) is 4.90 Å². The van der Waals surface area contributed by atoms with Gasteiger partial charge in [-0.2, -0.15) is 16.5 Å². The third-order valence-corrected chi connectivity index (χ3v) is 5.16. The molecule has 0 aromatic heterocycles. The maximum Gasteiger partial charge on any atom is 0.324 e. The maximum absolute atomic E-state index is 12.5. The smallest absolute Gasteiger partial charge is 0.324 e. The normalized spacial score (nSPS) is 12.6. The maximum atomic E-state index is 12.5. The molecule has 1 aromatic rings. The molecule has 134 valence electrons. The Morgan fingerprint density at radius 2 is 2.08 bits per heavy atom. The van der Waals surface area contributed by atoms with E-state index in [9.17, 15) is 23.3 Å². The lowest BCUT2D eigenvalue weighted by Crippen LogP contribution is -2.42. The molecule has 0 heterocycles. The summed E-state index contributed by atoms with van der Waals surface area (Å²) in [5, 5.41) is 11.0. The van der Waals surface area contributed by atoms with Gasteiger partial charge in [-0.15, -0.1) is 0 Å². The number of nitro benzene ring substituents is 1. The number of nitrogens with zero attached hydrogens (tertiary/aromatic N) is 1. The van der Waals surface area contributed by atoms with Gasteiger partial charge in [-0.25, -0.2) is 8.42 Å². The minimum atomic E-state index is -4.24. The zero-order valence-corrected chi connectivity index (χ0v) is 15.1. The van der Waals surface area contributed by atoms with Crippen molar-refractivity contribution < 1.29 is 22.9 Å². The lowest BCUT2D eigenvalue weighted by Gasteiger charge is -2.17. The quantitative estimate of drug-likeness (QED) is 0.377. The van der Waals surface area contributed by atoms with Crippen LogP contribution in [0, 0.1) is 10.1 Å². The summed E-state index contributed by atoms with van der Waals surface area (Å²) in [6.45, 7) is 2.00. The van der Waals surface area contributed by atoms with Crippen molar-refractivity contribution in [1.29, 1.82) is 0 Å². The van der Waals surface area contributed by atoms with E-state index in [0.29, 0.717) is 12.2 Å². The van der Waals surface area contributed by atoms with Crippen LogP contribution in [0.5, 0.6) is 0 Å². The molecule has 10 heteroatoms. The van der Waals surface area contributed by atoms with E-state index < -0.39 is 37.5 Å². The Labute approximate surface area is 145 Å². The number of carbonyl (C=O) groups excluding carboxylic acids is 1. The summed E-state index contributed by atoms with van der Waals surface area (Å²) in [6, 6.07) is 3.89. The van der Waals surface area contributed by atoms with Gasteiger partial charge in [-0.3, -0.25) is 14.9 Å². The van der Waals surface area contributed by atoms with Crippen LogP contribution >= 0.6 is 11.8 Å². The molecule has 1 N–H and O–H groups in total. The number of rotatable bonds is 10. The van der Waals surface area contributed by atoms with Gasteiger partial charge in [0.1, 0.15) is 6.04 Å². The van der Waals surface area contributed by atoms with E-state index in [1.54, 1.807) is 0 Å². The minimum Gasteiger partial charge on any atom is -0.465 e. The molecule has 1 atom stereocenters. The molecular formula is C14H20N2O6S2. The molecule has 0 saturated carbocycles. The lowest BCUT2D eigenvalue weighted by molar-refractivity contribution is -0.387. The number of hydrogen-bond donors (Lipinski definition) is 1. The number of thioether (sulfide) groups is 1. The first-order valence-corrected chi connectivity index (χ1v) is 10.1. The van der Waals surface area contributed by atoms with Crippen molar-refractivity contribution in [3.05, 3.63) is 34.4 Å². The van der Waals surface area contributed by atoms with E-state index in [1.807, 2.05) is 13.2 Å². The third-order valence-electron chi connectivity index (χ3n) is 2.99. The van der Waals surface area contributed by atoms with Gasteiger partial charge in [0, 0.05) is 6.07 Å². The number of ether oxygens (including phenoxy) is 1. The molecule has 1 aromatic carbocycles. The van der Waals surface area contributed by atoms with Crippen molar-refractivity contribution in [2.75, 3.05) is 18.6 Å². The molecule has 1 rings (SSSR count). The number of carbonyl (C=O) groups is 1. The fourth-order valence-corrected chi connectivity index (χ4v) is 3.71. The van der Waals surface area contributed by atoms with Crippen LogP contribution in [0.15, 0.2) is 29.2 Å². The largest absolute Gasteiger partial charge is 0.465 e. The molecule has 0 aliphatic heterocycles.